The van der Waals surface area contributed by atoms with Crippen molar-refractivity contribution in [3.8, 4) is 84.0 Å². The molecule has 0 spiro atoms. The SMILES string of the molecule is [O-]c1c(-c2ccccc2)cccc1-c1ccccc1.[O-]c1c(-c2ccccc2)cccc1-c1ccccc1.[O-]c1c(-c2ccccc2)cccc1-c1ccccc1.[Y+3]. The van der Waals surface area contributed by atoms with Crippen LogP contribution in [0.25, 0.3) is 66.8 Å². The Labute approximate surface area is 366 Å². The molecule has 0 fully saturated rings. The van der Waals surface area contributed by atoms with Crippen molar-refractivity contribution in [1.29, 1.82) is 0 Å². The minimum atomic E-state index is 0. The molecule has 0 saturated heterocycles. The summed E-state index contributed by atoms with van der Waals surface area (Å²) in [6.45, 7) is 0. The van der Waals surface area contributed by atoms with E-state index in [2.05, 4.69) is 0 Å². The summed E-state index contributed by atoms with van der Waals surface area (Å²) < 4.78 is 0. The van der Waals surface area contributed by atoms with Crippen molar-refractivity contribution >= 4 is 0 Å². The van der Waals surface area contributed by atoms with Gasteiger partial charge in [-0.05, 0) is 66.8 Å². The molecule has 0 aliphatic rings. The van der Waals surface area contributed by atoms with E-state index in [1.165, 1.54) is 0 Å². The smallest absolute Gasteiger partial charge is 0.872 e. The summed E-state index contributed by atoms with van der Waals surface area (Å²) in [5.74, 6) is 0.250. The second-order valence-electron chi connectivity index (χ2n) is 13.2. The van der Waals surface area contributed by atoms with Gasteiger partial charge in [0.25, 0.3) is 0 Å². The Balaban J connectivity index is 0.000000145. The van der Waals surface area contributed by atoms with E-state index in [-0.39, 0.29) is 50.0 Å². The fourth-order valence-electron chi connectivity index (χ4n) is 6.68. The molecule has 0 radical (unpaired) electrons. The van der Waals surface area contributed by atoms with Crippen LogP contribution in [-0.2, 0) is 32.7 Å². The maximum atomic E-state index is 12.6. The molecule has 3 nitrogen and oxygen atoms in total. The summed E-state index contributed by atoms with van der Waals surface area (Å²) in [5.41, 5.74) is 10.3. The van der Waals surface area contributed by atoms with E-state index in [1.54, 1.807) is 0 Å². The third-order valence-electron chi connectivity index (χ3n) is 9.55. The normalized spacial score (nSPS) is 10.1. The average molecular weight is 825 g/mol. The van der Waals surface area contributed by atoms with Gasteiger partial charge in [0.05, 0.1) is 0 Å². The summed E-state index contributed by atoms with van der Waals surface area (Å²) >= 11 is 0. The molecule has 0 atom stereocenters. The fraction of sp³-hybridized carbons (Fsp3) is 0. The maximum Gasteiger partial charge on any atom is 3.00 e. The third-order valence-corrected chi connectivity index (χ3v) is 9.55. The first-order valence-corrected chi connectivity index (χ1v) is 18.8. The van der Waals surface area contributed by atoms with E-state index in [9.17, 15) is 15.3 Å². The largest absolute Gasteiger partial charge is 3.00 e. The fourth-order valence-corrected chi connectivity index (χ4v) is 6.68. The van der Waals surface area contributed by atoms with Crippen LogP contribution in [0, 0.1) is 0 Å². The quantitative estimate of drug-likeness (QED) is 0.168. The van der Waals surface area contributed by atoms with Crippen molar-refractivity contribution in [2.45, 2.75) is 0 Å². The van der Waals surface area contributed by atoms with Gasteiger partial charge in [-0.3, -0.25) is 0 Å². The van der Waals surface area contributed by atoms with E-state index < -0.39 is 0 Å². The van der Waals surface area contributed by atoms with Crippen LogP contribution < -0.4 is 15.3 Å². The van der Waals surface area contributed by atoms with Gasteiger partial charge in [0, 0.05) is 0 Å². The first kappa shape index (κ1) is 41.1. The summed E-state index contributed by atoms with van der Waals surface area (Å²) in [6, 6.07) is 75.8. The first-order valence-electron chi connectivity index (χ1n) is 18.8. The topological polar surface area (TPSA) is 69.2 Å². The van der Waals surface area contributed by atoms with Crippen molar-refractivity contribution in [2.75, 3.05) is 0 Å². The van der Waals surface area contributed by atoms with Crippen LogP contribution in [0.15, 0.2) is 237 Å². The van der Waals surface area contributed by atoms with Crippen LogP contribution in [0.3, 0.4) is 0 Å². The number of rotatable bonds is 6. The van der Waals surface area contributed by atoms with Crippen molar-refractivity contribution in [2.24, 2.45) is 0 Å². The van der Waals surface area contributed by atoms with Gasteiger partial charge in [-0.15, -0.1) is 0 Å². The molecular formula is C54H39O3Y. The zero-order valence-corrected chi connectivity index (χ0v) is 34.7. The molecule has 276 valence electrons. The molecule has 0 unspecified atom stereocenters. The maximum absolute atomic E-state index is 12.6. The van der Waals surface area contributed by atoms with Crippen LogP contribution in [0.1, 0.15) is 0 Å². The van der Waals surface area contributed by atoms with Gasteiger partial charge in [-0.1, -0.05) is 254 Å². The molecule has 0 amide bonds. The molecule has 4 heteroatoms. The summed E-state index contributed by atoms with van der Waals surface area (Å²) in [5, 5.41) is 37.7. The zero-order chi connectivity index (χ0) is 39.2. The molecule has 9 rings (SSSR count). The van der Waals surface area contributed by atoms with E-state index >= 15 is 0 Å². The van der Waals surface area contributed by atoms with Gasteiger partial charge in [0.2, 0.25) is 0 Å². The van der Waals surface area contributed by atoms with Crippen molar-refractivity contribution < 1.29 is 48.0 Å². The molecule has 0 saturated carbocycles. The predicted octanol–water partition coefficient (Wildman–Crippen LogP) is 12.3. The van der Waals surface area contributed by atoms with Crippen LogP contribution in [0.4, 0.5) is 0 Å². The Hall–Kier alpha value is -6.52. The number of benzene rings is 9. The summed E-state index contributed by atoms with van der Waals surface area (Å²) in [6.07, 6.45) is 0. The van der Waals surface area contributed by atoms with Gasteiger partial charge in [0.1, 0.15) is 0 Å². The van der Waals surface area contributed by atoms with Crippen LogP contribution >= 0.6 is 0 Å². The number of hydrogen-bond donors (Lipinski definition) is 0. The first-order chi connectivity index (χ1) is 28.1. The number of para-hydroxylation sites is 3. The van der Waals surface area contributed by atoms with Crippen LogP contribution in [-0.4, -0.2) is 0 Å². The van der Waals surface area contributed by atoms with Crippen molar-refractivity contribution in [3.05, 3.63) is 237 Å². The molecule has 0 aromatic heterocycles. The van der Waals surface area contributed by atoms with Gasteiger partial charge < -0.3 is 15.3 Å². The third kappa shape index (κ3) is 10.1. The Morgan fingerprint density at radius 3 is 0.448 bits per heavy atom. The van der Waals surface area contributed by atoms with Gasteiger partial charge in [-0.25, -0.2) is 0 Å². The van der Waals surface area contributed by atoms with Gasteiger partial charge in [-0.2, -0.15) is 0 Å². The summed E-state index contributed by atoms with van der Waals surface area (Å²) in [4.78, 5) is 0. The monoisotopic (exact) mass is 824 g/mol. The van der Waals surface area contributed by atoms with Crippen LogP contribution in [0.2, 0.25) is 0 Å². The molecule has 58 heavy (non-hydrogen) atoms. The molecular weight excluding hydrogens is 785 g/mol. The van der Waals surface area contributed by atoms with E-state index in [0.29, 0.717) is 0 Å². The number of hydrogen-bond acceptors (Lipinski definition) is 3. The zero-order valence-electron chi connectivity index (χ0n) is 31.8. The summed E-state index contributed by atoms with van der Waals surface area (Å²) in [7, 11) is 0. The van der Waals surface area contributed by atoms with Crippen molar-refractivity contribution in [3.63, 3.8) is 0 Å². The Bertz CT molecular complexity index is 2150. The second-order valence-corrected chi connectivity index (χ2v) is 13.2. The molecule has 0 aliphatic heterocycles. The van der Waals surface area contributed by atoms with Gasteiger partial charge >= 0.3 is 32.7 Å². The van der Waals surface area contributed by atoms with E-state index in [4.69, 9.17) is 0 Å². The van der Waals surface area contributed by atoms with E-state index in [1.807, 2.05) is 237 Å². The molecule has 9 aromatic carbocycles. The van der Waals surface area contributed by atoms with Crippen LogP contribution in [0.5, 0.6) is 17.2 Å². The molecule has 9 aromatic rings. The minimum Gasteiger partial charge on any atom is -0.872 e. The standard InChI is InChI=1S/3C18H14O.Y/c3*19-18-16(14-8-3-1-4-9-14)12-7-13-17(18)15-10-5-2-6-11-15;/h3*1-13,19H;/q;;;+3/p-3. The molecule has 0 aliphatic carbocycles. The predicted molar refractivity (Wildman–Crippen MR) is 230 cm³/mol. The average Bonchev–Trinajstić information content (AvgIpc) is 3.29. The van der Waals surface area contributed by atoms with Crippen molar-refractivity contribution in [1.82, 2.24) is 0 Å². The Kier molecular flexibility index (Phi) is 14.6. The molecule has 0 bridgehead atoms. The Morgan fingerprint density at radius 2 is 0.310 bits per heavy atom. The van der Waals surface area contributed by atoms with Gasteiger partial charge in [0.15, 0.2) is 0 Å². The second kappa shape index (κ2) is 20.6. The Morgan fingerprint density at radius 1 is 0.172 bits per heavy atom. The molecule has 0 N–H and O–H groups in total. The minimum absolute atomic E-state index is 0. The van der Waals surface area contributed by atoms with E-state index in [0.717, 1.165) is 66.8 Å². The molecule has 0 heterocycles.